The van der Waals surface area contributed by atoms with Crippen molar-refractivity contribution in [2.75, 3.05) is 38.7 Å². The third-order valence-corrected chi connectivity index (χ3v) is 4.10. The van der Waals surface area contributed by atoms with Gasteiger partial charge in [-0.1, -0.05) is 11.6 Å². The molecule has 0 spiro atoms. The van der Waals surface area contributed by atoms with Gasteiger partial charge >= 0.3 is 0 Å². The number of ether oxygens (including phenoxy) is 1. The van der Waals surface area contributed by atoms with E-state index in [0.717, 1.165) is 43.9 Å². The van der Waals surface area contributed by atoms with Crippen molar-refractivity contribution < 1.29 is 9.53 Å². The van der Waals surface area contributed by atoms with Crippen molar-refractivity contribution in [2.24, 2.45) is 0 Å². The fourth-order valence-electron chi connectivity index (χ4n) is 2.73. The van der Waals surface area contributed by atoms with Crippen LogP contribution in [0.15, 0.2) is 18.2 Å². The normalized spacial score (nSPS) is 17.6. The van der Waals surface area contributed by atoms with Gasteiger partial charge in [0.05, 0.1) is 12.8 Å². The number of rotatable bonds is 7. The van der Waals surface area contributed by atoms with Gasteiger partial charge in [0.1, 0.15) is 5.75 Å². The van der Waals surface area contributed by atoms with Crippen LogP contribution in [0, 0.1) is 0 Å². The van der Waals surface area contributed by atoms with Crippen molar-refractivity contribution in [1.29, 1.82) is 0 Å². The minimum atomic E-state index is 0.125. The van der Waals surface area contributed by atoms with Gasteiger partial charge in [0.2, 0.25) is 5.91 Å². The molecule has 1 amide bonds. The van der Waals surface area contributed by atoms with Gasteiger partial charge in [-0.25, -0.2) is 0 Å². The van der Waals surface area contributed by atoms with Gasteiger partial charge in [-0.15, -0.1) is 0 Å². The van der Waals surface area contributed by atoms with Crippen LogP contribution in [0.3, 0.4) is 0 Å². The predicted octanol–water partition coefficient (Wildman–Crippen LogP) is 2.04. The maximum absolute atomic E-state index is 11.9. The largest absolute Gasteiger partial charge is 0.495 e. The molecule has 1 aromatic carbocycles. The lowest BCUT2D eigenvalue weighted by molar-refractivity contribution is -0.121. The molecule has 1 unspecified atom stereocenters. The summed E-state index contributed by atoms with van der Waals surface area (Å²) in [5.41, 5.74) is 0.988. The third-order valence-electron chi connectivity index (χ3n) is 3.87. The highest BCUT2D eigenvalue weighted by atomic mass is 35.5. The molecule has 1 atom stereocenters. The minimum absolute atomic E-state index is 0.125. The van der Waals surface area contributed by atoms with E-state index in [0.29, 0.717) is 11.4 Å². The van der Waals surface area contributed by atoms with Crippen molar-refractivity contribution in [2.45, 2.75) is 25.3 Å². The molecule has 1 heterocycles. The highest BCUT2D eigenvalue weighted by molar-refractivity contribution is 6.30. The zero-order valence-electron chi connectivity index (χ0n) is 13.2. The maximum atomic E-state index is 11.9. The van der Waals surface area contributed by atoms with Crippen molar-refractivity contribution in [3.05, 3.63) is 23.2 Å². The highest BCUT2D eigenvalue weighted by Crippen LogP contribution is 2.33. The van der Waals surface area contributed by atoms with Gasteiger partial charge in [0, 0.05) is 30.6 Å². The average molecular weight is 326 g/mol. The lowest BCUT2D eigenvalue weighted by atomic mass is 10.2. The van der Waals surface area contributed by atoms with Gasteiger partial charge in [0.25, 0.3) is 0 Å². The molecule has 122 valence electrons. The molecule has 0 radical (unpaired) electrons. The molecule has 2 N–H and O–H groups in total. The molecular weight excluding hydrogens is 302 g/mol. The van der Waals surface area contributed by atoms with Crippen LogP contribution in [-0.4, -0.2) is 45.7 Å². The van der Waals surface area contributed by atoms with Crippen LogP contribution >= 0.6 is 11.6 Å². The number of amides is 1. The molecule has 22 heavy (non-hydrogen) atoms. The summed E-state index contributed by atoms with van der Waals surface area (Å²) in [6.07, 6.45) is 2.37. The summed E-state index contributed by atoms with van der Waals surface area (Å²) in [4.78, 5) is 14.1. The summed E-state index contributed by atoms with van der Waals surface area (Å²) in [5, 5.41) is 6.85. The van der Waals surface area contributed by atoms with Gasteiger partial charge in [-0.05, 0) is 44.6 Å². The summed E-state index contributed by atoms with van der Waals surface area (Å²) in [6, 6.07) is 5.80. The number of carbonyl (C=O) groups excluding carboxylic acids is 1. The smallest absolute Gasteiger partial charge is 0.220 e. The molecule has 0 aromatic heterocycles. The summed E-state index contributed by atoms with van der Waals surface area (Å²) in [6.45, 7) is 2.54. The molecule has 1 aliphatic rings. The van der Waals surface area contributed by atoms with Crippen LogP contribution in [0.1, 0.15) is 19.3 Å². The Morgan fingerprint density at radius 2 is 2.32 bits per heavy atom. The zero-order valence-corrected chi connectivity index (χ0v) is 13.9. The average Bonchev–Trinajstić information content (AvgIpc) is 2.95. The van der Waals surface area contributed by atoms with Gasteiger partial charge in [-0.3, -0.25) is 4.79 Å². The summed E-state index contributed by atoms with van der Waals surface area (Å²) in [7, 11) is 3.55. The highest BCUT2D eigenvalue weighted by Gasteiger charge is 2.25. The van der Waals surface area contributed by atoms with Gasteiger partial charge in [0.15, 0.2) is 0 Å². The molecule has 1 fully saturated rings. The molecule has 0 saturated carbocycles. The topological polar surface area (TPSA) is 53.6 Å². The van der Waals surface area contributed by atoms with E-state index in [4.69, 9.17) is 16.3 Å². The molecular formula is C16H24ClN3O2. The van der Waals surface area contributed by atoms with Crippen LogP contribution in [0.2, 0.25) is 5.02 Å². The van der Waals surface area contributed by atoms with E-state index in [1.165, 1.54) is 0 Å². The Hall–Kier alpha value is -1.46. The van der Waals surface area contributed by atoms with Crippen molar-refractivity contribution in [1.82, 2.24) is 10.6 Å². The monoisotopic (exact) mass is 325 g/mol. The van der Waals surface area contributed by atoms with Gasteiger partial charge < -0.3 is 20.3 Å². The summed E-state index contributed by atoms with van der Waals surface area (Å²) >= 11 is 6.09. The summed E-state index contributed by atoms with van der Waals surface area (Å²) in [5.74, 6) is 0.936. The lowest BCUT2D eigenvalue weighted by Gasteiger charge is -2.21. The zero-order chi connectivity index (χ0) is 15.9. The van der Waals surface area contributed by atoms with Crippen molar-refractivity contribution in [3.63, 3.8) is 0 Å². The molecule has 0 bridgehead atoms. The number of hydrogen-bond acceptors (Lipinski definition) is 4. The van der Waals surface area contributed by atoms with E-state index in [2.05, 4.69) is 15.5 Å². The van der Waals surface area contributed by atoms with Crippen LogP contribution in [0.5, 0.6) is 5.75 Å². The Kier molecular flexibility index (Phi) is 6.34. The van der Waals surface area contributed by atoms with Crippen LogP contribution in [0.25, 0.3) is 0 Å². The van der Waals surface area contributed by atoms with E-state index in [1.807, 2.05) is 25.2 Å². The van der Waals surface area contributed by atoms with E-state index in [-0.39, 0.29) is 11.9 Å². The molecule has 1 saturated heterocycles. The summed E-state index contributed by atoms with van der Waals surface area (Å²) < 4.78 is 5.40. The van der Waals surface area contributed by atoms with E-state index in [9.17, 15) is 4.79 Å². The fourth-order valence-corrected chi connectivity index (χ4v) is 2.90. The molecule has 1 aliphatic heterocycles. The second-order valence-corrected chi connectivity index (χ2v) is 5.96. The Morgan fingerprint density at radius 3 is 3.05 bits per heavy atom. The van der Waals surface area contributed by atoms with Crippen LogP contribution < -0.4 is 20.3 Å². The van der Waals surface area contributed by atoms with Crippen LogP contribution in [-0.2, 0) is 4.79 Å². The number of nitrogens with one attached hydrogen (secondary N) is 2. The first kappa shape index (κ1) is 16.9. The second-order valence-electron chi connectivity index (χ2n) is 5.52. The number of anilines is 1. The first-order valence-electron chi connectivity index (χ1n) is 7.66. The number of nitrogens with zero attached hydrogens (tertiary/aromatic N) is 1. The molecule has 2 rings (SSSR count). The van der Waals surface area contributed by atoms with Gasteiger partial charge in [-0.2, -0.15) is 0 Å². The number of halogens is 1. The Balaban J connectivity index is 1.90. The van der Waals surface area contributed by atoms with Crippen molar-refractivity contribution in [3.8, 4) is 5.75 Å². The minimum Gasteiger partial charge on any atom is -0.495 e. The second kappa shape index (κ2) is 8.25. The lowest BCUT2D eigenvalue weighted by Crippen LogP contribution is -2.37. The standard InChI is InChI=1S/C16H24ClN3O2/c1-18-8-3-4-16(21)19-13-7-9-20(11-13)14-10-12(17)5-6-15(14)22-2/h5-6,10,13,18H,3-4,7-9,11H2,1-2H3,(H,19,21). The SMILES string of the molecule is CNCCCC(=O)NC1CCN(c2cc(Cl)ccc2OC)C1. The number of carbonyl (C=O) groups is 1. The first-order valence-corrected chi connectivity index (χ1v) is 8.04. The molecule has 1 aromatic rings. The number of hydrogen-bond donors (Lipinski definition) is 2. The quantitative estimate of drug-likeness (QED) is 0.753. The number of methoxy groups -OCH3 is 1. The Bertz CT molecular complexity index is 510. The maximum Gasteiger partial charge on any atom is 0.220 e. The first-order chi connectivity index (χ1) is 10.6. The Labute approximate surface area is 137 Å². The number of benzene rings is 1. The third kappa shape index (κ3) is 4.52. The predicted molar refractivity (Wildman–Crippen MR) is 89.9 cm³/mol. The Morgan fingerprint density at radius 1 is 1.50 bits per heavy atom. The molecule has 5 nitrogen and oxygen atoms in total. The van der Waals surface area contributed by atoms with Crippen molar-refractivity contribution >= 4 is 23.2 Å². The fraction of sp³-hybridized carbons (Fsp3) is 0.562. The van der Waals surface area contributed by atoms with E-state index in [1.54, 1.807) is 7.11 Å². The van der Waals surface area contributed by atoms with Crippen LogP contribution in [0.4, 0.5) is 5.69 Å². The molecule has 6 heteroatoms. The molecule has 0 aliphatic carbocycles. The van der Waals surface area contributed by atoms with E-state index >= 15 is 0 Å². The van der Waals surface area contributed by atoms with E-state index < -0.39 is 0 Å².